The van der Waals surface area contributed by atoms with Crippen LogP contribution in [0.25, 0.3) is 0 Å². The van der Waals surface area contributed by atoms with E-state index < -0.39 is 11.7 Å². The summed E-state index contributed by atoms with van der Waals surface area (Å²) < 4.78 is 36.9. The van der Waals surface area contributed by atoms with Crippen molar-refractivity contribution in [1.29, 1.82) is 0 Å². The molecular weight excluding hydrogens is 207 g/mol. The lowest BCUT2D eigenvalue weighted by Gasteiger charge is -2.13. The van der Waals surface area contributed by atoms with E-state index in [1.165, 1.54) is 0 Å². The SMILES string of the molecule is CC(CN)Nc1cc(C(F)(F)F)ccn1. The molecule has 0 aromatic carbocycles. The summed E-state index contributed by atoms with van der Waals surface area (Å²) in [6.07, 6.45) is -3.22. The van der Waals surface area contributed by atoms with Gasteiger partial charge in [0.2, 0.25) is 0 Å². The Balaban J connectivity index is 2.84. The van der Waals surface area contributed by atoms with Gasteiger partial charge >= 0.3 is 6.18 Å². The highest BCUT2D eigenvalue weighted by Gasteiger charge is 2.30. The van der Waals surface area contributed by atoms with E-state index in [2.05, 4.69) is 10.3 Å². The van der Waals surface area contributed by atoms with E-state index in [4.69, 9.17) is 5.73 Å². The quantitative estimate of drug-likeness (QED) is 0.815. The molecule has 1 rings (SSSR count). The molecule has 3 N–H and O–H groups in total. The topological polar surface area (TPSA) is 50.9 Å². The van der Waals surface area contributed by atoms with Gasteiger partial charge in [-0.3, -0.25) is 0 Å². The molecule has 0 aliphatic heterocycles. The second-order valence-electron chi connectivity index (χ2n) is 3.21. The summed E-state index contributed by atoms with van der Waals surface area (Å²) in [5.74, 6) is 0.183. The fourth-order valence-electron chi connectivity index (χ4n) is 0.997. The second-order valence-corrected chi connectivity index (χ2v) is 3.21. The number of hydrogen-bond acceptors (Lipinski definition) is 3. The van der Waals surface area contributed by atoms with E-state index in [0.29, 0.717) is 6.54 Å². The van der Waals surface area contributed by atoms with E-state index in [1.54, 1.807) is 6.92 Å². The minimum absolute atomic E-state index is 0.110. The molecule has 1 aromatic heterocycles. The Bertz CT molecular complexity index is 325. The average molecular weight is 219 g/mol. The maximum Gasteiger partial charge on any atom is 0.416 e. The lowest BCUT2D eigenvalue weighted by atomic mass is 10.2. The normalized spacial score (nSPS) is 13.7. The number of nitrogens with zero attached hydrogens (tertiary/aromatic N) is 1. The van der Waals surface area contributed by atoms with E-state index in [1.807, 2.05) is 0 Å². The maximum atomic E-state index is 12.3. The Hall–Kier alpha value is -1.30. The lowest BCUT2D eigenvalue weighted by molar-refractivity contribution is -0.137. The third-order valence-electron chi connectivity index (χ3n) is 1.84. The van der Waals surface area contributed by atoms with E-state index in [0.717, 1.165) is 18.3 Å². The van der Waals surface area contributed by atoms with Crippen LogP contribution in [0.1, 0.15) is 12.5 Å². The Labute approximate surface area is 85.5 Å². The Morgan fingerprint density at radius 2 is 2.20 bits per heavy atom. The first-order chi connectivity index (χ1) is 6.93. The van der Waals surface area contributed by atoms with Crippen molar-refractivity contribution in [3.05, 3.63) is 23.9 Å². The van der Waals surface area contributed by atoms with Crippen molar-refractivity contribution in [2.75, 3.05) is 11.9 Å². The predicted molar refractivity (Wildman–Crippen MR) is 51.4 cm³/mol. The molecule has 1 unspecified atom stereocenters. The number of alkyl halides is 3. The van der Waals surface area contributed by atoms with E-state index >= 15 is 0 Å². The lowest BCUT2D eigenvalue weighted by Crippen LogP contribution is -2.25. The van der Waals surface area contributed by atoms with Gasteiger partial charge in [-0.15, -0.1) is 0 Å². The third-order valence-corrected chi connectivity index (χ3v) is 1.84. The number of rotatable bonds is 3. The molecule has 1 heterocycles. The first-order valence-corrected chi connectivity index (χ1v) is 4.43. The van der Waals surface area contributed by atoms with Crippen LogP contribution in [0.2, 0.25) is 0 Å². The molecule has 6 heteroatoms. The van der Waals surface area contributed by atoms with Gasteiger partial charge in [-0.05, 0) is 19.1 Å². The Morgan fingerprint density at radius 3 is 2.73 bits per heavy atom. The standard InChI is InChI=1S/C9H12F3N3/c1-6(5-13)15-8-4-7(2-3-14-8)9(10,11)12/h2-4,6H,5,13H2,1H3,(H,14,15). The van der Waals surface area contributed by atoms with Crippen molar-refractivity contribution in [2.24, 2.45) is 5.73 Å². The zero-order valence-corrected chi connectivity index (χ0v) is 8.17. The highest BCUT2D eigenvalue weighted by atomic mass is 19.4. The molecule has 0 amide bonds. The average Bonchev–Trinajstić information content (AvgIpc) is 2.17. The fraction of sp³-hybridized carbons (Fsp3) is 0.444. The number of nitrogens with one attached hydrogen (secondary N) is 1. The summed E-state index contributed by atoms with van der Waals surface area (Å²) >= 11 is 0. The van der Waals surface area contributed by atoms with Crippen molar-refractivity contribution in [1.82, 2.24) is 4.98 Å². The van der Waals surface area contributed by atoms with Crippen molar-refractivity contribution in [3.63, 3.8) is 0 Å². The minimum Gasteiger partial charge on any atom is -0.366 e. The first kappa shape index (κ1) is 11.8. The number of hydrogen-bond donors (Lipinski definition) is 2. The molecule has 3 nitrogen and oxygen atoms in total. The van der Waals surface area contributed by atoms with E-state index in [9.17, 15) is 13.2 Å². The molecule has 0 aliphatic carbocycles. The predicted octanol–water partition coefficient (Wildman–Crippen LogP) is 1.86. The van der Waals surface area contributed by atoms with Crippen molar-refractivity contribution in [3.8, 4) is 0 Å². The van der Waals surface area contributed by atoms with Crippen molar-refractivity contribution in [2.45, 2.75) is 19.1 Å². The molecule has 0 fully saturated rings. The summed E-state index contributed by atoms with van der Waals surface area (Å²) in [4.78, 5) is 3.77. The molecule has 0 saturated heterocycles. The summed E-state index contributed by atoms with van der Waals surface area (Å²) in [6, 6.07) is 1.78. The van der Waals surface area contributed by atoms with Gasteiger partial charge in [0.05, 0.1) is 5.56 Å². The maximum absolute atomic E-state index is 12.3. The smallest absolute Gasteiger partial charge is 0.366 e. The van der Waals surface area contributed by atoms with Crippen molar-refractivity contribution < 1.29 is 13.2 Å². The Kier molecular flexibility index (Phi) is 3.52. The molecule has 0 bridgehead atoms. The number of pyridine rings is 1. The summed E-state index contributed by atoms with van der Waals surface area (Å²) in [5, 5.41) is 2.77. The molecule has 0 aliphatic rings. The number of anilines is 1. The molecule has 84 valence electrons. The zero-order valence-electron chi connectivity index (χ0n) is 8.17. The monoisotopic (exact) mass is 219 g/mol. The molecule has 0 radical (unpaired) electrons. The highest BCUT2D eigenvalue weighted by Crippen LogP contribution is 2.29. The molecule has 0 spiro atoms. The number of aromatic nitrogens is 1. The second kappa shape index (κ2) is 4.48. The van der Waals surface area contributed by atoms with Gasteiger partial charge in [0, 0.05) is 18.8 Å². The van der Waals surface area contributed by atoms with Crippen LogP contribution in [0, 0.1) is 0 Å². The van der Waals surface area contributed by atoms with Gasteiger partial charge in [0.15, 0.2) is 0 Å². The largest absolute Gasteiger partial charge is 0.416 e. The first-order valence-electron chi connectivity index (χ1n) is 4.43. The van der Waals surface area contributed by atoms with Crippen LogP contribution in [-0.4, -0.2) is 17.6 Å². The molecule has 1 aromatic rings. The Morgan fingerprint density at radius 1 is 1.53 bits per heavy atom. The van der Waals surface area contributed by atoms with Crippen LogP contribution < -0.4 is 11.1 Å². The summed E-state index contributed by atoms with van der Waals surface area (Å²) in [5.41, 5.74) is 4.61. The molecule has 15 heavy (non-hydrogen) atoms. The highest BCUT2D eigenvalue weighted by molar-refractivity contribution is 5.39. The van der Waals surface area contributed by atoms with Gasteiger partial charge in [0.25, 0.3) is 0 Å². The third kappa shape index (κ3) is 3.39. The van der Waals surface area contributed by atoms with Gasteiger partial charge in [-0.25, -0.2) is 4.98 Å². The molecule has 1 atom stereocenters. The fourth-order valence-corrected chi connectivity index (χ4v) is 0.997. The zero-order chi connectivity index (χ0) is 11.5. The molecule has 0 saturated carbocycles. The van der Waals surface area contributed by atoms with Crippen LogP contribution in [0.3, 0.4) is 0 Å². The molecular formula is C9H12F3N3. The van der Waals surface area contributed by atoms with E-state index in [-0.39, 0.29) is 11.9 Å². The van der Waals surface area contributed by atoms with Crippen LogP contribution >= 0.6 is 0 Å². The number of nitrogens with two attached hydrogens (primary N) is 1. The van der Waals surface area contributed by atoms with Crippen molar-refractivity contribution >= 4 is 5.82 Å². The van der Waals surface area contributed by atoms with Gasteiger partial charge in [0.1, 0.15) is 5.82 Å². The number of halogens is 3. The van der Waals surface area contributed by atoms with Gasteiger partial charge < -0.3 is 11.1 Å². The summed E-state index contributed by atoms with van der Waals surface area (Å²) in [7, 11) is 0. The van der Waals surface area contributed by atoms with Crippen LogP contribution in [0.15, 0.2) is 18.3 Å². The summed E-state index contributed by atoms with van der Waals surface area (Å²) in [6.45, 7) is 2.10. The van der Waals surface area contributed by atoms with Gasteiger partial charge in [-0.1, -0.05) is 0 Å². The van der Waals surface area contributed by atoms with Crippen LogP contribution in [-0.2, 0) is 6.18 Å². The van der Waals surface area contributed by atoms with Gasteiger partial charge in [-0.2, -0.15) is 13.2 Å². The van der Waals surface area contributed by atoms with Crippen LogP contribution in [0.5, 0.6) is 0 Å². The van der Waals surface area contributed by atoms with Crippen LogP contribution in [0.4, 0.5) is 19.0 Å². The minimum atomic E-state index is -4.34.